The van der Waals surface area contributed by atoms with Crippen LogP contribution in [0.4, 0.5) is 4.39 Å². The summed E-state index contributed by atoms with van der Waals surface area (Å²) in [5.74, 6) is 0.419. The number of carbonyl (C=O) groups is 1. The van der Waals surface area contributed by atoms with Crippen LogP contribution in [-0.2, 0) is 34.3 Å². The van der Waals surface area contributed by atoms with Crippen molar-refractivity contribution in [3.63, 3.8) is 0 Å². The lowest BCUT2D eigenvalue weighted by Gasteiger charge is -2.33. The third-order valence-electron chi connectivity index (χ3n) is 5.90. The Hall–Kier alpha value is -3.15. The van der Waals surface area contributed by atoms with Gasteiger partial charge >= 0.3 is 0 Å². The lowest BCUT2D eigenvalue weighted by molar-refractivity contribution is -0.130. The lowest BCUT2D eigenvalue weighted by Crippen LogP contribution is -2.48. The molecule has 1 aromatic heterocycles. The highest BCUT2D eigenvalue weighted by Gasteiger charge is 2.29. The fraction of sp³-hybridized carbons (Fsp3) is 0.375. The number of piperazine rings is 1. The van der Waals surface area contributed by atoms with Gasteiger partial charge in [0.25, 0.3) is 0 Å². The van der Waals surface area contributed by atoms with Gasteiger partial charge in [0, 0.05) is 52.6 Å². The molecule has 1 aliphatic heterocycles. The van der Waals surface area contributed by atoms with Crippen molar-refractivity contribution in [3.8, 4) is 0 Å². The van der Waals surface area contributed by atoms with Crippen molar-refractivity contribution in [2.24, 2.45) is 0 Å². The van der Waals surface area contributed by atoms with E-state index in [4.69, 9.17) is 4.52 Å². The average Bonchev–Trinajstić information content (AvgIpc) is 3.31. The summed E-state index contributed by atoms with van der Waals surface area (Å²) in [6.07, 6.45) is 0.625. The molecule has 0 N–H and O–H groups in total. The van der Waals surface area contributed by atoms with Crippen LogP contribution in [0.5, 0.6) is 0 Å². The topological polar surface area (TPSA) is 99.9 Å². The molecule has 1 amide bonds. The van der Waals surface area contributed by atoms with E-state index in [1.54, 1.807) is 11.9 Å². The lowest BCUT2D eigenvalue weighted by atomic mass is 10.2. The minimum Gasteiger partial charge on any atom is -0.341 e. The number of amides is 1. The number of hydrogen-bond acceptors (Lipinski definition) is 7. The molecule has 1 saturated heterocycles. The molecule has 9 nitrogen and oxygen atoms in total. The van der Waals surface area contributed by atoms with Crippen LogP contribution in [0, 0.1) is 5.82 Å². The Morgan fingerprint density at radius 1 is 1.06 bits per heavy atom. The van der Waals surface area contributed by atoms with Gasteiger partial charge in [-0.05, 0) is 29.8 Å². The fourth-order valence-corrected chi connectivity index (χ4v) is 5.31. The molecule has 0 aliphatic carbocycles. The van der Waals surface area contributed by atoms with E-state index in [2.05, 4.69) is 10.1 Å². The number of aromatic nitrogens is 2. The van der Waals surface area contributed by atoms with E-state index < -0.39 is 15.8 Å². The van der Waals surface area contributed by atoms with Gasteiger partial charge < -0.3 is 9.42 Å². The first kappa shape index (κ1) is 25.0. The SMILES string of the molecule is CN(Cc1ccccc1)C(=O)CCc1nc(CN2CCN(S(=O)(=O)c3ccc(F)cc3)CC2)no1. The predicted molar refractivity (Wildman–Crippen MR) is 126 cm³/mol. The Morgan fingerprint density at radius 2 is 1.74 bits per heavy atom. The second-order valence-electron chi connectivity index (χ2n) is 8.47. The van der Waals surface area contributed by atoms with Gasteiger partial charge in [0.2, 0.25) is 21.8 Å². The maximum atomic E-state index is 13.1. The quantitative estimate of drug-likeness (QED) is 0.444. The average molecular weight is 502 g/mol. The number of sulfonamides is 1. The number of carbonyl (C=O) groups excluding carboxylic acids is 1. The summed E-state index contributed by atoms with van der Waals surface area (Å²) in [7, 11) is -1.89. The summed E-state index contributed by atoms with van der Waals surface area (Å²) in [4.78, 5) is 20.6. The van der Waals surface area contributed by atoms with Gasteiger partial charge in [0.15, 0.2) is 5.82 Å². The molecule has 2 aromatic carbocycles. The smallest absolute Gasteiger partial charge is 0.243 e. The molecule has 0 atom stereocenters. The minimum atomic E-state index is -3.66. The summed E-state index contributed by atoms with van der Waals surface area (Å²) in [5.41, 5.74) is 1.06. The van der Waals surface area contributed by atoms with Crippen LogP contribution in [0.2, 0.25) is 0 Å². The van der Waals surface area contributed by atoms with Crippen LogP contribution >= 0.6 is 0 Å². The highest BCUT2D eigenvalue weighted by Crippen LogP contribution is 2.19. The third-order valence-corrected chi connectivity index (χ3v) is 7.81. The molecule has 1 fully saturated rings. The van der Waals surface area contributed by atoms with E-state index in [0.29, 0.717) is 57.4 Å². The van der Waals surface area contributed by atoms with Crippen LogP contribution in [0.3, 0.4) is 0 Å². The second-order valence-corrected chi connectivity index (χ2v) is 10.4. The van der Waals surface area contributed by atoms with Gasteiger partial charge in [-0.15, -0.1) is 0 Å². The number of benzene rings is 2. The van der Waals surface area contributed by atoms with Crippen LogP contribution in [0.25, 0.3) is 0 Å². The summed E-state index contributed by atoms with van der Waals surface area (Å²) < 4.78 is 45.3. The zero-order chi connectivity index (χ0) is 24.8. The van der Waals surface area contributed by atoms with E-state index in [1.807, 2.05) is 35.2 Å². The van der Waals surface area contributed by atoms with Crippen molar-refractivity contribution in [3.05, 3.63) is 77.7 Å². The molecule has 0 spiro atoms. The predicted octanol–water partition coefficient (Wildman–Crippen LogP) is 2.31. The molecule has 0 bridgehead atoms. The van der Waals surface area contributed by atoms with Crippen molar-refractivity contribution in [2.45, 2.75) is 30.8 Å². The fourth-order valence-electron chi connectivity index (χ4n) is 3.89. The summed E-state index contributed by atoms with van der Waals surface area (Å²) in [5, 5.41) is 4.00. The Morgan fingerprint density at radius 3 is 2.43 bits per heavy atom. The maximum absolute atomic E-state index is 13.1. The maximum Gasteiger partial charge on any atom is 0.243 e. The Bertz CT molecular complexity index is 1230. The van der Waals surface area contributed by atoms with Crippen molar-refractivity contribution in [1.29, 1.82) is 0 Å². The normalized spacial score (nSPS) is 15.3. The number of halogens is 1. The van der Waals surface area contributed by atoms with E-state index in [0.717, 1.165) is 17.7 Å². The van der Waals surface area contributed by atoms with Gasteiger partial charge in [0.1, 0.15) is 5.82 Å². The first-order valence-electron chi connectivity index (χ1n) is 11.4. The van der Waals surface area contributed by atoms with Crippen LogP contribution in [0.1, 0.15) is 23.7 Å². The van der Waals surface area contributed by atoms with Gasteiger partial charge in [-0.3, -0.25) is 9.69 Å². The molecule has 4 rings (SSSR count). The van der Waals surface area contributed by atoms with Crippen LogP contribution in [-0.4, -0.2) is 71.8 Å². The molecule has 0 saturated carbocycles. The third kappa shape index (κ3) is 6.50. The molecular formula is C24H28FN5O4S. The Balaban J connectivity index is 1.23. The summed E-state index contributed by atoms with van der Waals surface area (Å²) in [6.45, 7) is 2.60. The number of rotatable bonds is 9. The first-order valence-corrected chi connectivity index (χ1v) is 12.8. The Kier molecular flexibility index (Phi) is 7.89. The molecule has 2 heterocycles. The second kappa shape index (κ2) is 11.1. The zero-order valence-electron chi connectivity index (χ0n) is 19.5. The zero-order valence-corrected chi connectivity index (χ0v) is 20.3. The standard InChI is InChI=1S/C24H28FN5O4S/c1-28(17-19-5-3-2-4-6-19)24(31)12-11-23-26-22(27-34-23)18-29-13-15-30(16-14-29)35(32,33)21-9-7-20(25)8-10-21/h2-10H,11-18H2,1H3. The van der Waals surface area contributed by atoms with E-state index >= 15 is 0 Å². The highest BCUT2D eigenvalue weighted by molar-refractivity contribution is 7.89. The van der Waals surface area contributed by atoms with Gasteiger partial charge in [-0.2, -0.15) is 9.29 Å². The molecule has 186 valence electrons. The van der Waals surface area contributed by atoms with Crippen molar-refractivity contribution < 1.29 is 22.1 Å². The van der Waals surface area contributed by atoms with Gasteiger partial charge in [-0.1, -0.05) is 35.5 Å². The summed E-state index contributed by atoms with van der Waals surface area (Å²) in [6, 6.07) is 14.6. The molecule has 11 heteroatoms. The molecule has 1 aliphatic rings. The minimum absolute atomic E-state index is 0.00733. The molecular weight excluding hydrogens is 473 g/mol. The number of aryl methyl sites for hydroxylation is 1. The number of hydrogen-bond donors (Lipinski definition) is 0. The first-order chi connectivity index (χ1) is 16.8. The van der Waals surface area contributed by atoms with E-state index in [1.165, 1.54) is 16.4 Å². The van der Waals surface area contributed by atoms with E-state index in [9.17, 15) is 17.6 Å². The number of nitrogens with zero attached hydrogens (tertiary/aromatic N) is 5. The molecule has 3 aromatic rings. The van der Waals surface area contributed by atoms with Crippen LogP contribution in [0.15, 0.2) is 64.0 Å². The summed E-state index contributed by atoms with van der Waals surface area (Å²) >= 11 is 0. The molecule has 35 heavy (non-hydrogen) atoms. The van der Waals surface area contributed by atoms with E-state index in [-0.39, 0.29) is 17.2 Å². The molecule has 0 radical (unpaired) electrons. The van der Waals surface area contributed by atoms with Crippen molar-refractivity contribution in [1.82, 2.24) is 24.2 Å². The van der Waals surface area contributed by atoms with Gasteiger partial charge in [0.05, 0.1) is 11.4 Å². The Labute approximate surface area is 204 Å². The molecule has 0 unspecified atom stereocenters. The largest absolute Gasteiger partial charge is 0.341 e. The van der Waals surface area contributed by atoms with Crippen molar-refractivity contribution in [2.75, 3.05) is 33.2 Å². The van der Waals surface area contributed by atoms with Crippen LogP contribution < -0.4 is 0 Å². The van der Waals surface area contributed by atoms with Crippen molar-refractivity contribution >= 4 is 15.9 Å². The highest BCUT2D eigenvalue weighted by atomic mass is 32.2. The monoisotopic (exact) mass is 501 g/mol. The van der Waals surface area contributed by atoms with Gasteiger partial charge in [-0.25, -0.2) is 12.8 Å².